The predicted molar refractivity (Wildman–Crippen MR) is 120 cm³/mol. The first-order chi connectivity index (χ1) is 13.5. The fourth-order valence-electron chi connectivity index (χ4n) is 4.23. The number of hydrogen-bond acceptors (Lipinski definition) is 2. The third kappa shape index (κ3) is 4.90. The molecule has 2 aromatic carbocycles. The van der Waals surface area contributed by atoms with Crippen LogP contribution in [0.4, 0.5) is 0 Å². The largest absolute Gasteiger partial charge is 0.508 e. The highest BCUT2D eigenvalue weighted by molar-refractivity contribution is 5.53. The van der Waals surface area contributed by atoms with Crippen molar-refractivity contribution in [3.05, 3.63) is 57.6 Å². The van der Waals surface area contributed by atoms with Gasteiger partial charge in [0, 0.05) is 11.5 Å². The summed E-state index contributed by atoms with van der Waals surface area (Å²) >= 11 is 0. The van der Waals surface area contributed by atoms with Gasteiger partial charge in [0.05, 0.1) is 0 Å². The SMILES string of the molecule is CCCCc1ccc(C(CCC)c2ccc(O)c(C)c2CCCC)c(O)c1C. The zero-order valence-electron chi connectivity index (χ0n) is 18.4. The van der Waals surface area contributed by atoms with Gasteiger partial charge in [0.25, 0.3) is 0 Å². The zero-order valence-corrected chi connectivity index (χ0v) is 18.4. The van der Waals surface area contributed by atoms with Gasteiger partial charge in [-0.3, -0.25) is 0 Å². The van der Waals surface area contributed by atoms with Crippen LogP contribution in [0.5, 0.6) is 11.5 Å². The van der Waals surface area contributed by atoms with Gasteiger partial charge in [0.15, 0.2) is 0 Å². The normalized spacial score (nSPS) is 12.3. The van der Waals surface area contributed by atoms with Gasteiger partial charge < -0.3 is 10.2 Å². The molecule has 1 unspecified atom stereocenters. The predicted octanol–water partition coefficient (Wildman–Crippen LogP) is 7.33. The Bertz CT molecular complexity index is 776. The third-order valence-electron chi connectivity index (χ3n) is 6.09. The molecular weight excluding hydrogens is 344 g/mol. The summed E-state index contributed by atoms with van der Waals surface area (Å²) in [5.74, 6) is 0.995. The zero-order chi connectivity index (χ0) is 20.7. The maximum absolute atomic E-state index is 11.1. The molecule has 0 saturated heterocycles. The van der Waals surface area contributed by atoms with Crippen LogP contribution in [0.15, 0.2) is 24.3 Å². The van der Waals surface area contributed by atoms with E-state index in [2.05, 4.69) is 39.0 Å². The van der Waals surface area contributed by atoms with E-state index in [1.165, 1.54) is 16.7 Å². The van der Waals surface area contributed by atoms with E-state index in [1.54, 1.807) is 0 Å². The van der Waals surface area contributed by atoms with Gasteiger partial charge in [-0.05, 0) is 79.8 Å². The second-order valence-corrected chi connectivity index (χ2v) is 8.11. The van der Waals surface area contributed by atoms with Crippen LogP contribution in [0.1, 0.15) is 98.6 Å². The number of unbranched alkanes of at least 4 members (excludes halogenated alkanes) is 2. The van der Waals surface area contributed by atoms with Crippen LogP contribution in [0.3, 0.4) is 0 Å². The van der Waals surface area contributed by atoms with Crippen molar-refractivity contribution in [1.82, 2.24) is 0 Å². The Morgan fingerprint density at radius 1 is 0.750 bits per heavy atom. The fourth-order valence-corrected chi connectivity index (χ4v) is 4.23. The average Bonchev–Trinajstić information content (AvgIpc) is 2.69. The Hall–Kier alpha value is -1.96. The van der Waals surface area contributed by atoms with E-state index >= 15 is 0 Å². The smallest absolute Gasteiger partial charge is 0.122 e. The Balaban J connectivity index is 2.55. The minimum Gasteiger partial charge on any atom is -0.508 e. The highest BCUT2D eigenvalue weighted by Gasteiger charge is 2.23. The summed E-state index contributed by atoms with van der Waals surface area (Å²) in [5.41, 5.74) is 6.82. The molecule has 154 valence electrons. The number of aryl methyl sites for hydroxylation is 1. The van der Waals surface area contributed by atoms with Gasteiger partial charge in [0.2, 0.25) is 0 Å². The Morgan fingerprint density at radius 2 is 1.39 bits per heavy atom. The number of hydrogen-bond donors (Lipinski definition) is 2. The molecule has 2 heteroatoms. The van der Waals surface area contributed by atoms with E-state index < -0.39 is 0 Å². The maximum Gasteiger partial charge on any atom is 0.122 e. The van der Waals surface area contributed by atoms with Gasteiger partial charge >= 0.3 is 0 Å². The van der Waals surface area contributed by atoms with E-state index in [-0.39, 0.29) is 5.92 Å². The average molecular weight is 383 g/mol. The lowest BCUT2D eigenvalue weighted by atomic mass is 9.80. The number of aromatic hydroxyl groups is 2. The summed E-state index contributed by atoms with van der Waals surface area (Å²) in [7, 11) is 0. The fraction of sp³-hybridized carbons (Fsp3) is 0.538. The Kier molecular flexibility index (Phi) is 8.41. The molecule has 2 nitrogen and oxygen atoms in total. The summed E-state index contributed by atoms with van der Waals surface area (Å²) in [6.07, 6.45) is 8.58. The molecule has 2 rings (SSSR count). The maximum atomic E-state index is 11.1. The van der Waals surface area contributed by atoms with Crippen molar-refractivity contribution in [2.24, 2.45) is 0 Å². The van der Waals surface area contributed by atoms with Crippen molar-refractivity contribution in [1.29, 1.82) is 0 Å². The third-order valence-corrected chi connectivity index (χ3v) is 6.09. The molecule has 1 atom stereocenters. The van der Waals surface area contributed by atoms with Crippen molar-refractivity contribution in [3.63, 3.8) is 0 Å². The molecule has 0 amide bonds. The molecule has 0 aromatic heterocycles. The van der Waals surface area contributed by atoms with Gasteiger partial charge in [-0.2, -0.15) is 0 Å². The standard InChI is InChI=1S/C26H38O2/c1-6-9-12-20-14-15-24(26(28)18(20)4)22(11-8-3)23-16-17-25(27)19(5)21(23)13-10-7-2/h14-17,22,27-28H,6-13H2,1-5H3. The highest BCUT2D eigenvalue weighted by atomic mass is 16.3. The van der Waals surface area contributed by atoms with Crippen LogP contribution in [0.2, 0.25) is 0 Å². The minimum absolute atomic E-state index is 0.162. The van der Waals surface area contributed by atoms with E-state index in [0.29, 0.717) is 11.5 Å². The topological polar surface area (TPSA) is 40.5 Å². The van der Waals surface area contributed by atoms with Crippen molar-refractivity contribution in [3.8, 4) is 11.5 Å². The van der Waals surface area contributed by atoms with Crippen LogP contribution in [0, 0.1) is 13.8 Å². The lowest BCUT2D eigenvalue weighted by Gasteiger charge is -2.25. The summed E-state index contributed by atoms with van der Waals surface area (Å²) < 4.78 is 0. The molecule has 0 bridgehead atoms. The van der Waals surface area contributed by atoms with E-state index in [9.17, 15) is 10.2 Å². The van der Waals surface area contributed by atoms with E-state index in [0.717, 1.165) is 68.1 Å². The highest BCUT2D eigenvalue weighted by Crippen LogP contribution is 2.41. The van der Waals surface area contributed by atoms with Gasteiger partial charge in [-0.15, -0.1) is 0 Å². The molecule has 0 aliphatic rings. The first kappa shape index (κ1) is 22.3. The van der Waals surface area contributed by atoms with Crippen LogP contribution in [-0.2, 0) is 12.8 Å². The van der Waals surface area contributed by atoms with E-state index in [1.807, 2.05) is 19.9 Å². The van der Waals surface area contributed by atoms with Crippen LogP contribution in [-0.4, -0.2) is 10.2 Å². The summed E-state index contributed by atoms with van der Waals surface area (Å²) in [4.78, 5) is 0. The first-order valence-electron chi connectivity index (χ1n) is 11.1. The molecular formula is C26H38O2. The van der Waals surface area contributed by atoms with Crippen molar-refractivity contribution < 1.29 is 10.2 Å². The van der Waals surface area contributed by atoms with Crippen LogP contribution in [0.25, 0.3) is 0 Å². The molecule has 2 N–H and O–H groups in total. The van der Waals surface area contributed by atoms with Crippen LogP contribution >= 0.6 is 0 Å². The number of phenolic OH excluding ortho intramolecular Hbond substituents is 2. The molecule has 0 aliphatic carbocycles. The second kappa shape index (κ2) is 10.5. The summed E-state index contributed by atoms with van der Waals surface area (Å²) in [5, 5.41) is 21.4. The van der Waals surface area contributed by atoms with Gasteiger partial charge in [-0.25, -0.2) is 0 Å². The Labute approximate surface area is 171 Å². The van der Waals surface area contributed by atoms with Crippen molar-refractivity contribution in [2.45, 2.75) is 91.9 Å². The van der Waals surface area contributed by atoms with Gasteiger partial charge in [-0.1, -0.05) is 58.2 Å². The molecule has 2 aromatic rings. The van der Waals surface area contributed by atoms with Crippen LogP contribution < -0.4 is 0 Å². The van der Waals surface area contributed by atoms with Gasteiger partial charge in [0.1, 0.15) is 11.5 Å². The molecule has 0 aliphatic heterocycles. The molecule has 0 spiro atoms. The molecule has 0 fully saturated rings. The lowest BCUT2D eigenvalue weighted by molar-refractivity contribution is 0.456. The molecule has 0 radical (unpaired) electrons. The lowest BCUT2D eigenvalue weighted by Crippen LogP contribution is -2.08. The monoisotopic (exact) mass is 382 g/mol. The second-order valence-electron chi connectivity index (χ2n) is 8.11. The molecule has 28 heavy (non-hydrogen) atoms. The number of phenols is 2. The molecule has 0 saturated carbocycles. The summed E-state index contributed by atoms with van der Waals surface area (Å²) in [6.45, 7) is 10.7. The number of benzene rings is 2. The quantitative estimate of drug-likeness (QED) is 0.451. The first-order valence-corrected chi connectivity index (χ1v) is 11.1. The summed E-state index contributed by atoms with van der Waals surface area (Å²) in [6, 6.07) is 8.25. The van der Waals surface area contributed by atoms with Crippen molar-refractivity contribution >= 4 is 0 Å². The molecule has 0 heterocycles. The minimum atomic E-state index is 0.162. The van der Waals surface area contributed by atoms with E-state index in [4.69, 9.17) is 0 Å². The van der Waals surface area contributed by atoms with Crippen molar-refractivity contribution in [2.75, 3.05) is 0 Å². The Morgan fingerprint density at radius 3 is 2.04 bits per heavy atom. The number of rotatable bonds is 10.